The van der Waals surface area contributed by atoms with Crippen molar-refractivity contribution in [2.75, 3.05) is 26.2 Å². The molecule has 0 saturated heterocycles. The van der Waals surface area contributed by atoms with Crippen molar-refractivity contribution in [3.05, 3.63) is 35.9 Å². The van der Waals surface area contributed by atoms with E-state index in [1.54, 1.807) is 0 Å². The van der Waals surface area contributed by atoms with E-state index >= 15 is 0 Å². The zero-order valence-electron chi connectivity index (χ0n) is 33.6. The molecular weight excluding hydrogens is 1170 g/mol. The van der Waals surface area contributed by atoms with E-state index in [1.165, 1.54) is 64.6 Å². The van der Waals surface area contributed by atoms with E-state index in [0.717, 1.165) is 38.6 Å². The molecule has 0 bridgehead atoms. The van der Waals surface area contributed by atoms with Crippen LogP contribution < -0.4 is 40.7 Å². The number of carbonyl (C=O) groups excluding carboxylic acids is 1. The number of hydrogen-bond acceptors (Lipinski definition) is 8. The topological polar surface area (TPSA) is 122 Å². The van der Waals surface area contributed by atoms with Crippen LogP contribution in [0.3, 0.4) is 0 Å². The predicted molar refractivity (Wildman–Crippen MR) is 229 cm³/mol. The number of nitrogens with zero attached hydrogens (tertiary/aromatic N) is 2. The van der Waals surface area contributed by atoms with Gasteiger partial charge in [-0.2, -0.15) is 8.42 Å². The Morgan fingerprint density at radius 2 is 1.62 bits per heavy atom. The van der Waals surface area contributed by atoms with Gasteiger partial charge in [-0.1, -0.05) is 13.8 Å². The third-order valence-corrected chi connectivity index (χ3v) is 25.1. The van der Waals surface area contributed by atoms with Crippen molar-refractivity contribution >= 4 is 53.6 Å². The van der Waals surface area contributed by atoms with Gasteiger partial charge in [-0.3, -0.25) is 4.55 Å². The molecule has 3 N–H and O–H groups in total. The van der Waals surface area contributed by atoms with Gasteiger partial charge in [-0.05, 0) is 12.3 Å². The van der Waals surface area contributed by atoms with Gasteiger partial charge in [0.1, 0.15) is 0 Å². The zero-order valence-corrected chi connectivity index (χ0v) is 43.0. The fourth-order valence-corrected chi connectivity index (χ4v) is 20.5. The van der Waals surface area contributed by atoms with E-state index < -0.39 is 16.5 Å². The van der Waals surface area contributed by atoms with Crippen LogP contribution in [0, 0.1) is 52.3 Å². The summed E-state index contributed by atoms with van der Waals surface area (Å²) in [5.74, 6) is 2.63. The zero-order chi connectivity index (χ0) is 40.0. The van der Waals surface area contributed by atoms with E-state index in [4.69, 9.17) is 14.7 Å². The molecule has 0 heterocycles. The number of hydrogen-bond donors (Lipinski definition) is 2. The Bertz CT molecular complexity index is 1480. The monoisotopic (exact) mass is 1240 g/mol. The van der Waals surface area contributed by atoms with Gasteiger partial charge in [-0.15, -0.1) is 0 Å². The van der Waals surface area contributed by atoms with Crippen molar-refractivity contribution in [2.24, 2.45) is 58.0 Å². The molecule has 5 unspecified atom stereocenters. The quantitative estimate of drug-likeness (QED) is 0.0665. The van der Waals surface area contributed by atoms with Crippen LogP contribution in [0.15, 0.2) is 30.3 Å². The number of rotatable bonds is 20. The summed E-state index contributed by atoms with van der Waals surface area (Å²) < 4.78 is 50.1. The maximum atomic E-state index is 13.9. The average Bonchev–Trinajstić information content (AvgIpc) is 3.51. The van der Waals surface area contributed by atoms with Gasteiger partial charge >= 0.3 is 328 Å². The fraction of sp³-hybridized carbons (Fsp3) is 0.829. The standard InChI is InChI=1S/C41H67I4N3O6S/c1-28(2)36(54-55(50,51)52)17-14-29(3)33-15-16-34-38-35(19-21-41(33,34)5)40(4)20-18-32(48(45-43)25-11-24-47(44-42)23-10-9-22-46)26-31(40)27-37(38)53-39(49)30-12-7-6-8-13-30/h6-8,12-13,28-29,31-38H,9-11,14-27,46H2,1-5H3,(H,50,51,52)/q-2/t29-,31?,32-,33+,34?,35?,36?,37-,38?,40-,41+/m0/s1. The number of ether oxygens (including phenoxy) is 1. The van der Waals surface area contributed by atoms with Gasteiger partial charge in [0.2, 0.25) is 0 Å². The van der Waals surface area contributed by atoms with Crippen molar-refractivity contribution in [1.29, 1.82) is 0 Å². The molecule has 0 aromatic heterocycles. The van der Waals surface area contributed by atoms with Gasteiger partial charge in [0.15, 0.2) is 0 Å². The van der Waals surface area contributed by atoms with Crippen molar-refractivity contribution < 1.29 is 61.7 Å². The van der Waals surface area contributed by atoms with Gasteiger partial charge < -0.3 is 0 Å². The van der Waals surface area contributed by atoms with Crippen molar-refractivity contribution in [3.8, 4) is 0 Å². The van der Waals surface area contributed by atoms with Gasteiger partial charge in [-0.25, -0.2) is 4.18 Å². The molecule has 4 aliphatic rings. The first-order chi connectivity index (χ1) is 26.1. The summed E-state index contributed by atoms with van der Waals surface area (Å²) in [4.78, 5) is 13.9. The molecule has 9 nitrogen and oxygen atoms in total. The molecule has 14 heteroatoms. The number of halogens is 4. The van der Waals surface area contributed by atoms with Gasteiger partial charge in [0.25, 0.3) is 0 Å². The molecule has 0 radical (unpaired) electrons. The van der Waals surface area contributed by atoms with Crippen LogP contribution in [0.2, 0.25) is 0 Å². The molecule has 1 aromatic rings. The van der Waals surface area contributed by atoms with E-state index in [1.807, 2.05) is 44.2 Å². The SMILES string of the molecule is CC(C)C(CC[C@H](C)[C@H]1CCC2C3C(CC[C@@]21C)[C@@]1(C)CC[C@H](N(CCCN(CCCCN)[I-]I)[I-]I)CC1C[C@@H]3OC(=O)c1ccccc1)OS(=O)(=O)O. The molecule has 0 spiro atoms. The summed E-state index contributed by atoms with van der Waals surface area (Å²) in [6.07, 6.45) is 13.8. The normalized spacial score (nSPS) is 33.4. The Labute approximate surface area is 373 Å². The minimum absolute atomic E-state index is 0.0164. The Balaban J connectivity index is 1.32. The molecule has 5 rings (SSSR count). The first-order valence-corrected chi connectivity index (χ1v) is 36.7. The number of esters is 1. The van der Waals surface area contributed by atoms with Crippen molar-refractivity contribution in [2.45, 2.75) is 136 Å². The first kappa shape index (κ1) is 47.4. The maximum Gasteiger partial charge on any atom is 0.397 e. The van der Waals surface area contributed by atoms with Crippen LogP contribution in [-0.2, 0) is 19.3 Å². The number of nitrogens with two attached hydrogens (primary N) is 1. The summed E-state index contributed by atoms with van der Waals surface area (Å²) in [5, 5.41) is 0. The molecular formula is C41H67I4N3O6S-2. The smallest absolute Gasteiger partial charge is 0.264 e. The van der Waals surface area contributed by atoms with Crippen LogP contribution in [0.25, 0.3) is 0 Å². The van der Waals surface area contributed by atoms with Gasteiger partial charge in [0.05, 0.1) is 6.10 Å². The summed E-state index contributed by atoms with van der Waals surface area (Å²) in [5.41, 5.74) is 6.80. The Morgan fingerprint density at radius 3 is 2.27 bits per heavy atom. The average molecular weight is 1240 g/mol. The third kappa shape index (κ3) is 11.8. The number of benzene rings is 1. The Kier molecular flexibility index (Phi) is 18.5. The number of unbranched alkanes of at least 4 members (excludes halogenated alkanes) is 1. The molecule has 0 amide bonds. The van der Waals surface area contributed by atoms with Crippen LogP contribution >= 0.6 is 37.2 Å². The molecule has 318 valence electrons. The third-order valence-electron chi connectivity index (χ3n) is 14.8. The number of carbonyl (C=O) groups is 1. The van der Waals surface area contributed by atoms with E-state index in [0.29, 0.717) is 53.5 Å². The van der Waals surface area contributed by atoms with Gasteiger partial charge in [0, 0.05) is 0 Å². The molecule has 4 aliphatic carbocycles. The van der Waals surface area contributed by atoms with Crippen LogP contribution in [0.5, 0.6) is 0 Å². The van der Waals surface area contributed by atoms with Crippen molar-refractivity contribution in [1.82, 2.24) is 6.23 Å². The van der Waals surface area contributed by atoms with E-state index in [-0.39, 0.29) is 63.8 Å². The molecule has 11 atom stereocenters. The minimum atomic E-state index is -4.50. The Morgan fingerprint density at radius 1 is 0.927 bits per heavy atom. The largest absolute Gasteiger partial charge is 0.397 e. The minimum Gasteiger partial charge on any atom is -0.264 e. The van der Waals surface area contributed by atoms with Crippen LogP contribution in [0.1, 0.15) is 128 Å². The van der Waals surface area contributed by atoms with Crippen LogP contribution in [-0.4, -0.2) is 69.6 Å². The molecule has 0 aliphatic heterocycles. The van der Waals surface area contributed by atoms with Crippen LogP contribution in [0.4, 0.5) is 0 Å². The summed E-state index contributed by atoms with van der Waals surface area (Å²) in [6, 6.07) is 10.2. The molecule has 4 saturated carbocycles. The second-order valence-electron chi connectivity index (χ2n) is 18.1. The second-order valence-corrected chi connectivity index (χ2v) is 27.3. The van der Waals surface area contributed by atoms with E-state index in [2.05, 4.69) is 64.2 Å². The molecule has 55 heavy (non-hydrogen) atoms. The number of fused-ring (bicyclic) bond motifs is 5. The van der Waals surface area contributed by atoms with E-state index in [9.17, 15) is 17.8 Å². The summed E-state index contributed by atoms with van der Waals surface area (Å²) in [7, 11) is -4.50. The fourth-order valence-electron chi connectivity index (χ4n) is 11.8. The molecule has 4 fully saturated rings. The second kappa shape index (κ2) is 21.4. The summed E-state index contributed by atoms with van der Waals surface area (Å²) >= 11 is 5.32. The summed E-state index contributed by atoms with van der Waals surface area (Å²) in [6.45, 7) is 15.7. The first-order valence-electron chi connectivity index (χ1n) is 20.8. The van der Waals surface area contributed by atoms with Crippen molar-refractivity contribution in [3.63, 3.8) is 0 Å². The molecule has 1 aromatic carbocycles. The Hall–Kier alpha value is 1.36. The maximum absolute atomic E-state index is 13.9. The predicted octanol–water partition coefficient (Wildman–Crippen LogP) is 3.55.